The summed E-state index contributed by atoms with van der Waals surface area (Å²) >= 11 is 0. The molecule has 0 spiro atoms. The van der Waals surface area contributed by atoms with Crippen molar-refractivity contribution < 1.29 is 4.74 Å². The number of hydrogen-bond donors (Lipinski definition) is 0. The van der Waals surface area contributed by atoms with E-state index in [4.69, 9.17) is 10.00 Å². The molecule has 1 aromatic carbocycles. The molecule has 2 aliphatic rings. The summed E-state index contributed by atoms with van der Waals surface area (Å²) in [6, 6.07) is 10.2. The van der Waals surface area contributed by atoms with E-state index in [0.29, 0.717) is 0 Å². The molecular formula is C22H25NO. The Morgan fingerprint density at radius 1 is 1.00 bits per heavy atom. The molecule has 1 saturated carbocycles. The van der Waals surface area contributed by atoms with Crippen molar-refractivity contribution in [2.24, 2.45) is 0 Å². The number of rotatable bonds is 3. The van der Waals surface area contributed by atoms with E-state index in [2.05, 4.69) is 30.4 Å². The molecule has 1 aromatic rings. The monoisotopic (exact) mass is 319 g/mol. The van der Waals surface area contributed by atoms with E-state index in [1.54, 1.807) is 12.7 Å². The minimum absolute atomic E-state index is 0.722. The molecule has 0 aliphatic heterocycles. The van der Waals surface area contributed by atoms with Gasteiger partial charge in [-0.2, -0.15) is 5.26 Å². The number of hydrogen-bond acceptors (Lipinski definition) is 2. The number of nitriles is 1. The van der Waals surface area contributed by atoms with Crippen LogP contribution in [0.1, 0.15) is 56.1 Å². The smallest absolute Gasteiger partial charge is 0.0999 e. The fourth-order valence-corrected chi connectivity index (χ4v) is 3.67. The van der Waals surface area contributed by atoms with Crippen molar-refractivity contribution in [3.05, 3.63) is 70.0 Å². The zero-order valence-electron chi connectivity index (χ0n) is 14.5. The summed E-state index contributed by atoms with van der Waals surface area (Å²) in [5.41, 5.74) is 6.54. The summed E-state index contributed by atoms with van der Waals surface area (Å²) in [7, 11) is 1.76. The van der Waals surface area contributed by atoms with Gasteiger partial charge in [-0.05, 0) is 67.0 Å². The maximum atomic E-state index is 8.95. The molecule has 2 heteroatoms. The van der Waals surface area contributed by atoms with E-state index < -0.39 is 0 Å². The predicted molar refractivity (Wildman–Crippen MR) is 97.4 cm³/mol. The van der Waals surface area contributed by atoms with E-state index in [1.165, 1.54) is 55.2 Å². The Bertz CT molecular complexity index is 703. The van der Waals surface area contributed by atoms with Crippen LogP contribution in [-0.2, 0) is 11.2 Å². The molecule has 24 heavy (non-hydrogen) atoms. The van der Waals surface area contributed by atoms with Crippen LogP contribution in [0.3, 0.4) is 0 Å². The van der Waals surface area contributed by atoms with Gasteiger partial charge >= 0.3 is 0 Å². The van der Waals surface area contributed by atoms with Gasteiger partial charge in [0.05, 0.1) is 24.5 Å². The molecule has 2 aliphatic carbocycles. The highest BCUT2D eigenvalue weighted by Crippen LogP contribution is 2.35. The molecule has 1 fully saturated rings. The minimum atomic E-state index is 0.722. The number of methoxy groups -OCH3 is 1. The predicted octanol–water partition coefficient (Wildman–Crippen LogP) is 5.61. The number of ether oxygens (including phenoxy) is 1. The molecule has 3 rings (SSSR count). The molecular weight excluding hydrogens is 294 g/mol. The second-order valence-corrected chi connectivity index (χ2v) is 6.69. The fraction of sp³-hybridized carbons (Fsp3) is 0.409. The van der Waals surface area contributed by atoms with E-state index in [0.717, 1.165) is 24.2 Å². The van der Waals surface area contributed by atoms with Crippen molar-refractivity contribution in [2.75, 3.05) is 7.11 Å². The second-order valence-electron chi connectivity index (χ2n) is 6.69. The van der Waals surface area contributed by atoms with E-state index in [9.17, 15) is 0 Å². The topological polar surface area (TPSA) is 33.0 Å². The van der Waals surface area contributed by atoms with Crippen molar-refractivity contribution in [2.45, 2.75) is 51.4 Å². The fourth-order valence-electron chi connectivity index (χ4n) is 3.67. The highest BCUT2D eigenvalue weighted by atomic mass is 16.5. The van der Waals surface area contributed by atoms with Gasteiger partial charge in [0, 0.05) is 6.42 Å². The first-order valence-electron chi connectivity index (χ1n) is 8.94. The van der Waals surface area contributed by atoms with Crippen molar-refractivity contribution >= 4 is 0 Å². The van der Waals surface area contributed by atoms with Gasteiger partial charge in [-0.25, -0.2) is 0 Å². The molecule has 0 N–H and O–H groups in total. The average Bonchev–Trinajstić information content (AvgIpc) is 2.92. The van der Waals surface area contributed by atoms with Gasteiger partial charge in [-0.3, -0.25) is 0 Å². The van der Waals surface area contributed by atoms with Gasteiger partial charge in [0.2, 0.25) is 0 Å². The van der Waals surface area contributed by atoms with Crippen molar-refractivity contribution in [1.29, 1.82) is 5.26 Å². The van der Waals surface area contributed by atoms with E-state index >= 15 is 0 Å². The van der Waals surface area contributed by atoms with Gasteiger partial charge in [0.25, 0.3) is 0 Å². The second kappa shape index (κ2) is 8.02. The van der Waals surface area contributed by atoms with E-state index in [1.807, 2.05) is 12.1 Å². The lowest BCUT2D eigenvalue weighted by atomic mass is 9.86. The normalized spacial score (nSPS) is 18.3. The Morgan fingerprint density at radius 3 is 2.33 bits per heavy atom. The zero-order chi connectivity index (χ0) is 16.8. The van der Waals surface area contributed by atoms with Crippen LogP contribution < -0.4 is 0 Å². The molecule has 0 unspecified atom stereocenters. The molecule has 2 nitrogen and oxygen atoms in total. The molecule has 124 valence electrons. The Balaban J connectivity index is 1.88. The summed E-state index contributed by atoms with van der Waals surface area (Å²) in [6.07, 6.45) is 14.0. The number of benzene rings is 1. The standard InChI is InChI=1S/C22H25NO/c1-24-21-13-12-20(14-17-8-10-18(16-23)11-9-17)22(15-21)19-6-4-2-3-5-7-19/h8-13H,2-7,14-15H2,1H3. The lowest BCUT2D eigenvalue weighted by Crippen LogP contribution is -2.06. The van der Waals surface area contributed by atoms with Crippen LogP contribution in [0.4, 0.5) is 0 Å². The first-order chi connectivity index (χ1) is 11.8. The maximum absolute atomic E-state index is 8.95. The Hall–Kier alpha value is -2.27. The first kappa shape index (κ1) is 16.6. The lowest BCUT2D eigenvalue weighted by molar-refractivity contribution is 0.282. The Labute approximate surface area is 145 Å². The van der Waals surface area contributed by atoms with Crippen LogP contribution in [0.2, 0.25) is 0 Å². The van der Waals surface area contributed by atoms with Gasteiger partial charge in [-0.1, -0.05) is 36.6 Å². The van der Waals surface area contributed by atoms with Gasteiger partial charge in [0.1, 0.15) is 0 Å². The van der Waals surface area contributed by atoms with Crippen molar-refractivity contribution in [1.82, 2.24) is 0 Å². The third kappa shape index (κ3) is 3.97. The van der Waals surface area contributed by atoms with Crippen LogP contribution >= 0.6 is 0 Å². The maximum Gasteiger partial charge on any atom is 0.0999 e. The first-order valence-corrected chi connectivity index (χ1v) is 8.94. The number of allylic oxidation sites excluding steroid dienone is 5. The molecule has 0 saturated heterocycles. The molecule has 0 radical (unpaired) electrons. The average molecular weight is 319 g/mol. The molecule has 0 heterocycles. The SMILES string of the molecule is COC1=CC=C(Cc2ccc(C#N)cc2)C(=C2CCCCCC2)C1. The lowest BCUT2D eigenvalue weighted by Gasteiger charge is -2.22. The summed E-state index contributed by atoms with van der Waals surface area (Å²) in [6.45, 7) is 0. The third-order valence-electron chi connectivity index (χ3n) is 5.08. The molecule has 0 amide bonds. The summed E-state index contributed by atoms with van der Waals surface area (Å²) in [4.78, 5) is 0. The van der Waals surface area contributed by atoms with Gasteiger partial charge < -0.3 is 4.74 Å². The van der Waals surface area contributed by atoms with Crippen LogP contribution in [0.15, 0.2) is 58.9 Å². The van der Waals surface area contributed by atoms with Crippen LogP contribution in [0.25, 0.3) is 0 Å². The summed E-state index contributed by atoms with van der Waals surface area (Å²) in [5, 5.41) is 8.95. The highest BCUT2D eigenvalue weighted by Gasteiger charge is 2.18. The third-order valence-corrected chi connectivity index (χ3v) is 5.08. The number of nitrogens with zero attached hydrogens (tertiary/aromatic N) is 1. The molecule has 0 aromatic heterocycles. The summed E-state index contributed by atoms with van der Waals surface area (Å²) < 4.78 is 5.52. The van der Waals surface area contributed by atoms with Gasteiger partial charge in [-0.15, -0.1) is 0 Å². The van der Waals surface area contributed by atoms with Crippen LogP contribution in [-0.4, -0.2) is 7.11 Å². The molecule has 0 atom stereocenters. The Kier molecular flexibility index (Phi) is 5.54. The zero-order valence-corrected chi connectivity index (χ0v) is 14.5. The quantitative estimate of drug-likeness (QED) is 0.678. The van der Waals surface area contributed by atoms with E-state index in [-0.39, 0.29) is 0 Å². The van der Waals surface area contributed by atoms with Gasteiger partial charge in [0.15, 0.2) is 0 Å². The van der Waals surface area contributed by atoms with Crippen LogP contribution in [0.5, 0.6) is 0 Å². The Morgan fingerprint density at radius 2 is 1.71 bits per heavy atom. The highest BCUT2D eigenvalue weighted by molar-refractivity contribution is 5.47. The van der Waals surface area contributed by atoms with Crippen molar-refractivity contribution in [3.63, 3.8) is 0 Å². The minimum Gasteiger partial charge on any atom is -0.501 e. The van der Waals surface area contributed by atoms with Crippen LogP contribution in [0, 0.1) is 11.3 Å². The van der Waals surface area contributed by atoms with Crippen molar-refractivity contribution in [3.8, 4) is 6.07 Å². The molecule has 0 bridgehead atoms. The largest absolute Gasteiger partial charge is 0.501 e. The summed E-state index contributed by atoms with van der Waals surface area (Å²) in [5.74, 6) is 1.06.